The Morgan fingerprint density at radius 1 is 1.29 bits per heavy atom. The van der Waals surface area contributed by atoms with E-state index in [9.17, 15) is 0 Å². The van der Waals surface area contributed by atoms with E-state index in [4.69, 9.17) is 4.74 Å². The Bertz CT molecular complexity index is 421. The lowest BCUT2D eigenvalue weighted by molar-refractivity contribution is 0.279. The Hall–Kier alpha value is -1.31. The summed E-state index contributed by atoms with van der Waals surface area (Å²) in [6, 6.07) is 8.45. The molecule has 0 spiro atoms. The molecular weight excluding hydrogens is 210 g/mol. The molecule has 0 saturated carbocycles. The van der Waals surface area contributed by atoms with Crippen LogP contribution >= 0.6 is 0 Å². The van der Waals surface area contributed by atoms with E-state index in [0.29, 0.717) is 6.61 Å². The van der Waals surface area contributed by atoms with E-state index < -0.39 is 0 Å². The van der Waals surface area contributed by atoms with Crippen LogP contribution in [0.1, 0.15) is 44.7 Å². The molecule has 0 N–H and O–H groups in total. The van der Waals surface area contributed by atoms with Gasteiger partial charge < -0.3 is 4.74 Å². The van der Waals surface area contributed by atoms with Crippen LogP contribution in [0.2, 0.25) is 0 Å². The Morgan fingerprint density at radius 2 is 2.06 bits per heavy atom. The third kappa shape index (κ3) is 2.87. The van der Waals surface area contributed by atoms with Gasteiger partial charge in [-0.2, -0.15) is 0 Å². The van der Waals surface area contributed by atoms with Gasteiger partial charge in [-0.1, -0.05) is 31.5 Å². The van der Waals surface area contributed by atoms with Crippen molar-refractivity contribution in [1.29, 1.82) is 0 Å². The van der Waals surface area contributed by atoms with Crippen molar-refractivity contribution in [1.82, 2.24) is 0 Å². The molecule has 0 atom stereocenters. The summed E-state index contributed by atoms with van der Waals surface area (Å²) in [5.41, 5.74) is 2.45. The van der Waals surface area contributed by atoms with Crippen molar-refractivity contribution in [2.75, 3.05) is 6.61 Å². The Kier molecular flexibility index (Phi) is 3.51. The van der Waals surface area contributed by atoms with Gasteiger partial charge >= 0.3 is 0 Å². The zero-order valence-corrected chi connectivity index (χ0v) is 11.0. The minimum Gasteiger partial charge on any atom is -0.475 e. The predicted octanol–water partition coefficient (Wildman–Crippen LogP) is 3.58. The fraction of sp³-hybridized carbons (Fsp3) is 0.533. The third-order valence-corrected chi connectivity index (χ3v) is 3.01. The highest BCUT2D eigenvalue weighted by Crippen LogP contribution is 2.23. The smallest absolute Gasteiger partial charge is 0.217 e. The molecule has 2 heteroatoms. The van der Waals surface area contributed by atoms with E-state index in [1.54, 1.807) is 0 Å². The number of nitrogens with zero attached hydrogens (tertiary/aromatic N) is 1. The molecule has 92 valence electrons. The average molecular weight is 231 g/mol. The molecule has 0 saturated heterocycles. The molecule has 1 aliphatic heterocycles. The van der Waals surface area contributed by atoms with Gasteiger partial charge in [0, 0.05) is 5.56 Å². The fourth-order valence-electron chi connectivity index (χ4n) is 2.04. The van der Waals surface area contributed by atoms with Gasteiger partial charge in [0.05, 0.1) is 5.54 Å². The van der Waals surface area contributed by atoms with Crippen molar-refractivity contribution in [2.24, 2.45) is 4.99 Å². The largest absolute Gasteiger partial charge is 0.475 e. The van der Waals surface area contributed by atoms with Gasteiger partial charge in [-0.3, -0.25) is 0 Å². The molecule has 2 nitrogen and oxygen atoms in total. The first kappa shape index (κ1) is 12.2. The standard InChI is InChI=1S/C15H21NO/c1-4-5-8-12-9-6-7-10-13(12)14-16-15(2,3)11-17-14/h6-7,9-10H,4-5,8,11H2,1-3H3. The van der Waals surface area contributed by atoms with E-state index in [1.807, 2.05) is 0 Å². The van der Waals surface area contributed by atoms with Crippen LogP contribution in [0.5, 0.6) is 0 Å². The van der Waals surface area contributed by atoms with Gasteiger partial charge in [0.15, 0.2) is 0 Å². The monoisotopic (exact) mass is 231 g/mol. The summed E-state index contributed by atoms with van der Waals surface area (Å²) in [5.74, 6) is 0.821. The predicted molar refractivity (Wildman–Crippen MR) is 71.6 cm³/mol. The molecule has 2 rings (SSSR count). The second-order valence-corrected chi connectivity index (χ2v) is 5.28. The van der Waals surface area contributed by atoms with Crippen LogP contribution in [0.4, 0.5) is 0 Å². The van der Waals surface area contributed by atoms with Gasteiger partial charge in [0.1, 0.15) is 6.61 Å². The molecule has 0 radical (unpaired) electrons. The highest BCUT2D eigenvalue weighted by Gasteiger charge is 2.27. The average Bonchev–Trinajstić information content (AvgIpc) is 2.67. The van der Waals surface area contributed by atoms with E-state index in [-0.39, 0.29) is 5.54 Å². The number of unbranched alkanes of at least 4 members (excludes halogenated alkanes) is 1. The first-order valence-corrected chi connectivity index (χ1v) is 6.43. The first-order chi connectivity index (χ1) is 8.12. The summed E-state index contributed by atoms with van der Waals surface area (Å²) in [7, 11) is 0. The number of hydrogen-bond donors (Lipinski definition) is 0. The summed E-state index contributed by atoms with van der Waals surface area (Å²) >= 11 is 0. The van der Waals surface area contributed by atoms with Gasteiger partial charge in [0.2, 0.25) is 5.90 Å². The highest BCUT2D eigenvalue weighted by atomic mass is 16.5. The van der Waals surface area contributed by atoms with Gasteiger partial charge in [-0.05, 0) is 38.3 Å². The molecule has 17 heavy (non-hydrogen) atoms. The van der Waals surface area contributed by atoms with Crippen LogP contribution in [-0.4, -0.2) is 18.0 Å². The highest BCUT2D eigenvalue weighted by molar-refractivity contribution is 5.96. The Labute approximate surface area is 104 Å². The minimum atomic E-state index is -0.0762. The van der Waals surface area contributed by atoms with E-state index in [0.717, 1.165) is 12.3 Å². The van der Waals surface area contributed by atoms with Crippen LogP contribution in [-0.2, 0) is 11.2 Å². The zero-order chi connectivity index (χ0) is 12.3. The molecule has 1 aromatic rings. The maximum atomic E-state index is 5.72. The minimum absolute atomic E-state index is 0.0762. The molecular formula is C15H21NO. The molecule has 0 amide bonds. The first-order valence-electron chi connectivity index (χ1n) is 6.43. The molecule has 0 aromatic heterocycles. The second kappa shape index (κ2) is 4.91. The molecule has 1 aliphatic rings. The number of ether oxygens (including phenoxy) is 1. The fourth-order valence-corrected chi connectivity index (χ4v) is 2.04. The molecule has 1 aromatic carbocycles. The normalized spacial score (nSPS) is 17.7. The second-order valence-electron chi connectivity index (χ2n) is 5.28. The Morgan fingerprint density at radius 3 is 2.71 bits per heavy atom. The number of aliphatic imine (C=N–C) groups is 1. The van der Waals surface area contributed by atoms with E-state index in [2.05, 4.69) is 50.0 Å². The number of aryl methyl sites for hydroxylation is 1. The van der Waals surface area contributed by atoms with Gasteiger partial charge in [0.25, 0.3) is 0 Å². The lowest BCUT2D eigenvalue weighted by Crippen LogP contribution is -2.17. The number of rotatable bonds is 4. The van der Waals surface area contributed by atoms with Crippen LogP contribution in [0, 0.1) is 0 Å². The maximum absolute atomic E-state index is 5.72. The van der Waals surface area contributed by atoms with Crippen molar-refractivity contribution >= 4 is 5.90 Å². The lowest BCUT2D eigenvalue weighted by Gasteiger charge is -2.08. The van der Waals surface area contributed by atoms with Crippen LogP contribution < -0.4 is 0 Å². The molecule has 1 heterocycles. The summed E-state index contributed by atoms with van der Waals surface area (Å²) in [5, 5.41) is 0. The summed E-state index contributed by atoms with van der Waals surface area (Å²) in [4.78, 5) is 4.65. The summed E-state index contributed by atoms with van der Waals surface area (Å²) in [6.07, 6.45) is 3.54. The molecule has 0 bridgehead atoms. The lowest BCUT2D eigenvalue weighted by atomic mass is 10.0. The summed E-state index contributed by atoms with van der Waals surface area (Å²) in [6.45, 7) is 7.11. The SMILES string of the molecule is CCCCc1ccccc1C1=NC(C)(C)CO1. The van der Waals surface area contributed by atoms with Gasteiger partial charge in [-0.15, -0.1) is 0 Å². The van der Waals surface area contributed by atoms with Crippen molar-refractivity contribution in [2.45, 2.75) is 45.6 Å². The van der Waals surface area contributed by atoms with E-state index >= 15 is 0 Å². The maximum Gasteiger partial charge on any atom is 0.217 e. The van der Waals surface area contributed by atoms with Crippen LogP contribution in [0.15, 0.2) is 29.3 Å². The number of benzene rings is 1. The van der Waals surface area contributed by atoms with Crippen LogP contribution in [0.3, 0.4) is 0 Å². The number of hydrogen-bond acceptors (Lipinski definition) is 2. The van der Waals surface area contributed by atoms with Crippen molar-refractivity contribution in [3.05, 3.63) is 35.4 Å². The molecule has 0 fully saturated rings. The van der Waals surface area contributed by atoms with Crippen molar-refractivity contribution in [3.8, 4) is 0 Å². The van der Waals surface area contributed by atoms with E-state index in [1.165, 1.54) is 24.0 Å². The Balaban J connectivity index is 2.26. The third-order valence-electron chi connectivity index (χ3n) is 3.01. The zero-order valence-electron chi connectivity index (χ0n) is 11.0. The van der Waals surface area contributed by atoms with Gasteiger partial charge in [-0.25, -0.2) is 4.99 Å². The van der Waals surface area contributed by atoms with Crippen molar-refractivity contribution in [3.63, 3.8) is 0 Å². The van der Waals surface area contributed by atoms with Crippen LogP contribution in [0.25, 0.3) is 0 Å². The topological polar surface area (TPSA) is 21.6 Å². The molecule has 0 unspecified atom stereocenters. The molecule has 0 aliphatic carbocycles. The quantitative estimate of drug-likeness (QED) is 0.776. The summed E-state index contributed by atoms with van der Waals surface area (Å²) < 4.78 is 5.72. The van der Waals surface area contributed by atoms with Crippen molar-refractivity contribution < 1.29 is 4.74 Å².